The number of aromatic nitrogens is 2. The van der Waals surface area contributed by atoms with E-state index in [9.17, 15) is 14.0 Å². The molecular formula is C21H28FN3O3. The molecule has 1 atom stereocenters. The Bertz CT molecular complexity index is 879. The maximum absolute atomic E-state index is 13.9. The molecule has 2 heterocycles. The lowest BCUT2D eigenvalue weighted by Crippen LogP contribution is -2.48. The molecule has 1 unspecified atom stereocenters. The largest absolute Gasteiger partial charge is 0.381 e. The van der Waals surface area contributed by atoms with E-state index in [0.29, 0.717) is 36.6 Å². The van der Waals surface area contributed by atoms with Crippen molar-refractivity contribution in [2.75, 3.05) is 13.2 Å². The molecule has 1 fully saturated rings. The fourth-order valence-electron chi connectivity index (χ4n) is 3.75. The number of halogens is 1. The Morgan fingerprint density at radius 2 is 2.00 bits per heavy atom. The maximum atomic E-state index is 13.9. The first-order valence-electron chi connectivity index (χ1n) is 9.72. The van der Waals surface area contributed by atoms with Gasteiger partial charge in [-0.25, -0.2) is 4.39 Å². The summed E-state index contributed by atoms with van der Waals surface area (Å²) in [7, 11) is 0. The van der Waals surface area contributed by atoms with Gasteiger partial charge in [-0.15, -0.1) is 0 Å². The summed E-state index contributed by atoms with van der Waals surface area (Å²) >= 11 is 0. The van der Waals surface area contributed by atoms with Crippen LogP contribution in [0, 0.1) is 17.2 Å². The van der Waals surface area contributed by atoms with Gasteiger partial charge in [0, 0.05) is 25.1 Å². The van der Waals surface area contributed by atoms with Crippen molar-refractivity contribution in [2.45, 2.75) is 53.1 Å². The van der Waals surface area contributed by atoms with Gasteiger partial charge < -0.3 is 10.1 Å². The second-order valence-corrected chi connectivity index (χ2v) is 8.63. The Hall–Kier alpha value is -2.28. The summed E-state index contributed by atoms with van der Waals surface area (Å²) in [5, 5.41) is 7.91. The lowest BCUT2D eigenvalue weighted by Gasteiger charge is -2.29. The van der Waals surface area contributed by atoms with Crippen LogP contribution in [0.25, 0.3) is 10.9 Å². The van der Waals surface area contributed by atoms with Crippen LogP contribution >= 0.6 is 0 Å². The minimum Gasteiger partial charge on any atom is -0.381 e. The number of benzene rings is 1. The van der Waals surface area contributed by atoms with Crippen LogP contribution in [-0.4, -0.2) is 40.7 Å². The Balaban J connectivity index is 1.94. The van der Waals surface area contributed by atoms with Gasteiger partial charge in [-0.2, -0.15) is 5.10 Å². The number of hydrogen-bond acceptors (Lipinski definition) is 4. The molecular weight excluding hydrogens is 361 g/mol. The quantitative estimate of drug-likeness (QED) is 0.851. The van der Waals surface area contributed by atoms with Gasteiger partial charge in [0.05, 0.1) is 11.6 Å². The number of hydrogen-bond donors (Lipinski definition) is 1. The van der Waals surface area contributed by atoms with Gasteiger partial charge >= 0.3 is 0 Å². The monoisotopic (exact) mass is 389 g/mol. The molecule has 6 nitrogen and oxygen atoms in total. The summed E-state index contributed by atoms with van der Waals surface area (Å²) in [5.41, 5.74) is 0.387. The predicted molar refractivity (Wildman–Crippen MR) is 105 cm³/mol. The van der Waals surface area contributed by atoms with Gasteiger partial charge in [0.2, 0.25) is 0 Å². The zero-order chi connectivity index (χ0) is 20.5. The number of nitrogens with zero attached hydrogens (tertiary/aromatic N) is 2. The third-order valence-corrected chi connectivity index (χ3v) is 5.25. The van der Waals surface area contributed by atoms with Crippen LogP contribution < -0.4 is 5.32 Å². The second-order valence-electron chi connectivity index (χ2n) is 8.63. The van der Waals surface area contributed by atoms with E-state index in [1.165, 1.54) is 19.1 Å². The van der Waals surface area contributed by atoms with Crippen molar-refractivity contribution in [1.82, 2.24) is 15.1 Å². The number of ketones is 1. The third-order valence-electron chi connectivity index (χ3n) is 5.25. The molecule has 152 valence electrons. The molecule has 1 aliphatic heterocycles. The molecule has 0 aliphatic carbocycles. The first-order valence-corrected chi connectivity index (χ1v) is 9.72. The zero-order valence-corrected chi connectivity index (χ0v) is 16.9. The van der Waals surface area contributed by atoms with Crippen LogP contribution in [0.5, 0.6) is 0 Å². The topological polar surface area (TPSA) is 73.2 Å². The van der Waals surface area contributed by atoms with Gasteiger partial charge in [0.25, 0.3) is 5.91 Å². The van der Waals surface area contributed by atoms with Crippen molar-refractivity contribution < 1.29 is 18.7 Å². The fourth-order valence-corrected chi connectivity index (χ4v) is 3.75. The van der Waals surface area contributed by atoms with E-state index in [2.05, 4.69) is 10.4 Å². The lowest BCUT2D eigenvalue weighted by atomic mass is 9.84. The minimum atomic E-state index is -0.629. The molecule has 2 aromatic rings. The normalized spacial score (nSPS) is 16.9. The molecule has 0 bridgehead atoms. The van der Waals surface area contributed by atoms with E-state index < -0.39 is 17.4 Å². The van der Waals surface area contributed by atoms with Crippen molar-refractivity contribution in [2.24, 2.45) is 11.3 Å². The van der Waals surface area contributed by atoms with E-state index in [-0.39, 0.29) is 17.3 Å². The second kappa shape index (κ2) is 7.99. The number of carbonyl (C=O) groups is 2. The van der Waals surface area contributed by atoms with Gasteiger partial charge in [-0.05, 0) is 49.3 Å². The Kier molecular flexibility index (Phi) is 5.84. The standard InChI is InChI=1S/C21H28FN3O3/c1-13(26)19(21(2,3)4)23-20(27)18-16-6-5-15(22)11-17(16)25(24-18)12-14-7-9-28-10-8-14/h5-6,11,14,19H,7-10,12H2,1-4H3,(H,23,27). The summed E-state index contributed by atoms with van der Waals surface area (Å²) in [6.45, 7) is 9.18. The Morgan fingerprint density at radius 1 is 1.32 bits per heavy atom. The molecule has 1 saturated heterocycles. The molecule has 0 saturated carbocycles. The highest BCUT2D eigenvalue weighted by atomic mass is 19.1. The highest BCUT2D eigenvalue weighted by Gasteiger charge is 2.32. The molecule has 0 radical (unpaired) electrons. The SMILES string of the molecule is CC(=O)C(NC(=O)c1nn(CC2CCOCC2)c2cc(F)ccc12)C(C)(C)C. The summed E-state index contributed by atoms with van der Waals surface area (Å²) in [4.78, 5) is 25.0. The molecule has 1 N–H and O–H groups in total. The molecule has 1 aliphatic rings. The molecule has 1 amide bonds. The lowest BCUT2D eigenvalue weighted by molar-refractivity contribution is -0.121. The predicted octanol–water partition coefficient (Wildman–Crippen LogP) is 3.34. The zero-order valence-electron chi connectivity index (χ0n) is 16.9. The van der Waals surface area contributed by atoms with Crippen LogP contribution in [0.3, 0.4) is 0 Å². The minimum absolute atomic E-state index is 0.113. The van der Waals surface area contributed by atoms with Crippen molar-refractivity contribution in [3.05, 3.63) is 29.7 Å². The molecule has 28 heavy (non-hydrogen) atoms. The van der Waals surface area contributed by atoms with Crippen molar-refractivity contribution in [3.63, 3.8) is 0 Å². The fraction of sp³-hybridized carbons (Fsp3) is 0.571. The molecule has 7 heteroatoms. The molecule has 0 spiro atoms. The molecule has 1 aromatic carbocycles. The van der Waals surface area contributed by atoms with Gasteiger partial charge in [0.1, 0.15) is 5.82 Å². The van der Waals surface area contributed by atoms with Crippen LogP contribution in [0.15, 0.2) is 18.2 Å². The third kappa shape index (κ3) is 4.41. The Morgan fingerprint density at radius 3 is 2.61 bits per heavy atom. The summed E-state index contributed by atoms with van der Waals surface area (Å²) in [6.07, 6.45) is 1.82. The number of Topliss-reactive ketones (excluding diaryl/α,β-unsaturated/α-hetero) is 1. The van der Waals surface area contributed by atoms with Crippen molar-refractivity contribution in [3.8, 4) is 0 Å². The van der Waals surface area contributed by atoms with Crippen LogP contribution in [-0.2, 0) is 16.1 Å². The number of rotatable bonds is 5. The van der Waals surface area contributed by atoms with E-state index in [1.807, 2.05) is 20.8 Å². The number of amides is 1. The van der Waals surface area contributed by atoms with Crippen molar-refractivity contribution in [1.29, 1.82) is 0 Å². The van der Waals surface area contributed by atoms with Crippen LogP contribution in [0.1, 0.15) is 51.0 Å². The van der Waals surface area contributed by atoms with Gasteiger partial charge in [-0.3, -0.25) is 14.3 Å². The first kappa shape index (κ1) is 20.5. The van der Waals surface area contributed by atoms with E-state index in [0.717, 1.165) is 12.8 Å². The van der Waals surface area contributed by atoms with Crippen LogP contribution in [0.2, 0.25) is 0 Å². The number of ether oxygens (including phenoxy) is 1. The molecule has 3 rings (SSSR count). The van der Waals surface area contributed by atoms with E-state index >= 15 is 0 Å². The smallest absolute Gasteiger partial charge is 0.273 e. The highest BCUT2D eigenvalue weighted by molar-refractivity contribution is 6.06. The van der Waals surface area contributed by atoms with E-state index in [1.54, 1.807) is 10.7 Å². The maximum Gasteiger partial charge on any atom is 0.273 e. The van der Waals surface area contributed by atoms with Crippen LogP contribution in [0.4, 0.5) is 4.39 Å². The highest BCUT2D eigenvalue weighted by Crippen LogP contribution is 2.25. The summed E-state index contributed by atoms with van der Waals surface area (Å²) in [5.74, 6) is -0.533. The number of fused-ring (bicyclic) bond motifs is 1. The average Bonchev–Trinajstić information content (AvgIpc) is 2.97. The Labute approximate surface area is 164 Å². The summed E-state index contributed by atoms with van der Waals surface area (Å²) in [6, 6.07) is 3.68. The average molecular weight is 389 g/mol. The van der Waals surface area contributed by atoms with Crippen molar-refractivity contribution >= 4 is 22.6 Å². The van der Waals surface area contributed by atoms with E-state index in [4.69, 9.17) is 4.74 Å². The number of nitrogens with one attached hydrogen (secondary N) is 1. The van der Waals surface area contributed by atoms with Gasteiger partial charge in [0.15, 0.2) is 11.5 Å². The number of carbonyl (C=O) groups excluding carboxylic acids is 2. The van der Waals surface area contributed by atoms with Gasteiger partial charge in [-0.1, -0.05) is 20.8 Å². The summed E-state index contributed by atoms with van der Waals surface area (Å²) < 4.78 is 21.0. The first-order chi connectivity index (χ1) is 13.2. The molecule has 1 aromatic heterocycles.